The number of aromatic nitrogens is 2. The number of fused-ring (bicyclic) bond motifs is 1. The third-order valence-corrected chi connectivity index (χ3v) is 3.16. The van der Waals surface area contributed by atoms with Gasteiger partial charge in [-0.05, 0) is 32.6 Å². The fourth-order valence-electron chi connectivity index (χ4n) is 2.20. The van der Waals surface area contributed by atoms with Crippen LogP contribution in [0.5, 0.6) is 0 Å². The molecule has 0 aromatic carbocycles. The Labute approximate surface area is 128 Å². The Morgan fingerprint density at radius 1 is 1.36 bits per heavy atom. The molecule has 2 rings (SSSR count). The molecule has 7 heteroatoms. The lowest BCUT2D eigenvalue weighted by Gasteiger charge is -2.11. The molecule has 0 spiro atoms. The minimum Gasteiger partial charge on any atom is -0.481 e. The van der Waals surface area contributed by atoms with Gasteiger partial charge in [-0.2, -0.15) is 0 Å². The topological polar surface area (TPSA) is 86.9 Å². The molecule has 0 saturated heterocycles. The van der Waals surface area contributed by atoms with Crippen LogP contribution in [0.3, 0.4) is 0 Å². The average Bonchev–Trinajstić information content (AvgIpc) is 2.82. The molecular weight excluding hydrogens is 284 g/mol. The molecule has 2 N–H and O–H groups in total. The van der Waals surface area contributed by atoms with Gasteiger partial charge in [0.05, 0.1) is 5.69 Å². The highest BCUT2D eigenvalue weighted by atomic mass is 16.4. The van der Waals surface area contributed by atoms with Crippen LogP contribution in [0.4, 0.5) is 0 Å². The minimum absolute atomic E-state index is 0.0377. The van der Waals surface area contributed by atoms with E-state index in [1.54, 1.807) is 0 Å². The summed E-state index contributed by atoms with van der Waals surface area (Å²) in [5.74, 6) is -1.14. The summed E-state index contributed by atoms with van der Waals surface area (Å²) in [5.41, 5.74) is 1.92. The maximum absolute atomic E-state index is 12.3. The molecule has 118 valence electrons. The number of carboxylic acids is 1. The molecule has 1 amide bonds. The largest absolute Gasteiger partial charge is 0.481 e. The molecule has 0 aliphatic carbocycles. The lowest BCUT2D eigenvalue weighted by Crippen LogP contribution is -2.27. The molecule has 0 bridgehead atoms. The van der Waals surface area contributed by atoms with E-state index in [1.165, 1.54) is 0 Å². The fourth-order valence-corrected chi connectivity index (χ4v) is 2.20. The predicted molar refractivity (Wildman–Crippen MR) is 81.8 cm³/mol. The van der Waals surface area contributed by atoms with Crippen LogP contribution >= 0.6 is 0 Å². The second kappa shape index (κ2) is 7.04. The van der Waals surface area contributed by atoms with Crippen molar-refractivity contribution in [1.29, 1.82) is 0 Å². The number of hydrogen-bond acceptors (Lipinski definition) is 4. The Kier molecular flexibility index (Phi) is 5.11. The van der Waals surface area contributed by atoms with Crippen LogP contribution in [0.1, 0.15) is 29.0 Å². The number of rotatable bonds is 7. The van der Waals surface area contributed by atoms with Gasteiger partial charge in [0.1, 0.15) is 5.65 Å². The number of amides is 1. The number of carboxylic acid groups (broad SMARTS) is 1. The SMILES string of the molecule is CN(C)Cc1c(C(=O)NCCCC(=O)O)nc2ccccn12. The monoisotopic (exact) mass is 304 g/mol. The van der Waals surface area contributed by atoms with Gasteiger partial charge in [-0.1, -0.05) is 6.07 Å². The standard InChI is InChI=1S/C15H20N4O3/c1-18(2)10-11-14(15(22)16-8-5-7-13(20)21)17-12-6-3-4-9-19(11)12/h3-4,6,9H,5,7-8,10H2,1-2H3,(H,16,22)(H,20,21). The quantitative estimate of drug-likeness (QED) is 0.745. The molecule has 0 aliphatic heterocycles. The average molecular weight is 304 g/mol. The van der Waals surface area contributed by atoms with Crippen LogP contribution in [0, 0.1) is 0 Å². The van der Waals surface area contributed by atoms with Crippen LogP contribution in [0.25, 0.3) is 5.65 Å². The number of nitrogens with zero attached hydrogens (tertiary/aromatic N) is 3. The van der Waals surface area contributed by atoms with Crippen LogP contribution in [-0.2, 0) is 11.3 Å². The van der Waals surface area contributed by atoms with Crippen molar-refractivity contribution >= 4 is 17.5 Å². The normalized spacial score (nSPS) is 11.0. The van der Waals surface area contributed by atoms with Crippen LogP contribution in [0.2, 0.25) is 0 Å². The summed E-state index contributed by atoms with van der Waals surface area (Å²) in [6.07, 6.45) is 2.32. The third-order valence-electron chi connectivity index (χ3n) is 3.16. The van der Waals surface area contributed by atoms with Gasteiger partial charge in [-0.15, -0.1) is 0 Å². The number of nitrogens with one attached hydrogen (secondary N) is 1. The summed E-state index contributed by atoms with van der Waals surface area (Å²) in [6.45, 7) is 0.906. The van der Waals surface area contributed by atoms with Crippen molar-refractivity contribution in [2.24, 2.45) is 0 Å². The Morgan fingerprint density at radius 3 is 2.82 bits per heavy atom. The fraction of sp³-hybridized carbons (Fsp3) is 0.400. The van der Waals surface area contributed by atoms with E-state index < -0.39 is 5.97 Å². The minimum atomic E-state index is -0.865. The Bertz CT molecular complexity index is 678. The van der Waals surface area contributed by atoms with E-state index in [0.29, 0.717) is 25.2 Å². The lowest BCUT2D eigenvalue weighted by molar-refractivity contribution is -0.137. The lowest BCUT2D eigenvalue weighted by atomic mass is 10.2. The van der Waals surface area contributed by atoms with Crippen molar-refractivity contribution in [1.82, 2.24) is 19.6 Å². The van der Waals surface area contributed by atoms with E-state index in [-0.39, 0.29) is 12.3 Å². The molecular formula is C15H20N4O3. The number of carbonyl (C=O) groups excluding carboxylic acids is 1. The summed E-state index contributed by atoms with van der Waals surface area (Å²) in [4.78, 5) is 29.1. The smallest absolute Gasteiger partial charge is 0.303 e. The van der Waals surface area contributed by atoms with Crippen molar-refractivity contribution in [3.8, 4) is 0 Å². The highest BCUT2D eigenvalue weighted by molar-refractivity contribution is 5.94. The number of imidazole rings is 1. The van der Waals surface area contributed by atoms with Gasteiger partial charge in [0, 0.05) is 25.7 Å². The number of hydrogen-bond donors (Lipinski definition) is 2. The summed E-state index contributed by atoms with van der Waals surface area (Å²) in [7, 11) is 3.85. The zero-order valence-electron chi connectivity index (χ0n) is 12.7. The third kappa shape index (κ3) is 3.82. The zero-order chi connectivity index (χ0) is 16.1. The first-order valence-corrected chi connectivity index (χ1v) is 7.09. The molecule has 2 aromatic rings. The van der Waals surface area contributed by atoms with Crippen molar-refractivity contribution in [2.45, 2.75) is 19.4 Å². The Morgan fingerprint density at radius 2 is 2.14 bits per heavy atom. The summed E-state index contributed by atoms with van der Waals surface area (Å²) in [6, 6.07) is 5.61. The number of pyridine rings is 1. The van der Waals surface area contributed by atoms with Crippen LogP contribution < -0.4 is 5.32 Å². The highest BCUT2D eigenvalue weighted by Gasteiger charge is 2.18. The molecule has 0 radical (unpaired) electrons. The predicted octanol–water partition coefficient (Wildman–Crippen LogP) is 0.990. The van der Waals surface area contributed by atoms with E-state index in [2.05, 4.69) is 10.3 Å². The molecule has 0 fully saturated rings. The van der Waals surface area contributed by atoms with Crippen molar-refractivity contribution in [3.05, 3.63) is 35.8 Å². The van der Waals surface area contributed by atoms with Crippen LogP contribution in [-0.4, -0.2) is 51.9 Å². The van der Waals surface area contributed by atoms with Crippen molar-refractivity contribution < 1.29 is 14.7 Å². The summed E-state index contributed by atoms with van der Waals surface area (Å²) < 4.78 is 1.90. The number of aliphatic carboxylic acids is 1. The maximum atomic E-state index is 12.3. The molecule has 7 nitrogen and oxygen atoms in total. The number of carbonyl (C=O) groups is 2. The molecule has 2 aromatic heterocycles. The van der Waals surface area contributed by atoms with Crippen LogP contribution in [0.15, 0.2) is 24.4 Å². The van der Waals surface area contributed by atoms with Gasteiger partial charge in [0.2, 0.25) is 0 Å². The van der Waals surface area contributed by atoms with Gasteiger partial charge in [-0.3, -0.25) is 9.59 Å². The molecule has 0 aliphatic rings. The first-order chi connectivity index (χ1) is 10.5. The second-order valence-corrected chi connectivity index (χ2v) is 5.33. The van der Waals surface area contributed by atoms with Gasteiger partial charge in [-0.25, -0.2) is 4.98 Å². The second-order valence-electron chi connectivity index (χ2n) is 5.33. The molecule has 2 heterocycles. The van der Waals surface area contributed by atoms with Gasteiger partial charge in [0.15, 0.2) is 5.69 Å². The highest BCUT2D eigenvalue weighted by Crippen LogP contribution is 2.14. The van der Waals surface area contributed by atoms with E-state index >= 15 is 0 Å². The van der Waals surface area contributed by atoms with Crippen molar-refractivity contribution in [3.63, 3.8) is 0 Å². The first kappa shape index (κ1) is 16.0. The Balaban J connectivity index is 2.18. The molecule has 22 heavy (non-hydrogen) atoms. The van der Waals surface area contributed by atoms with Gasteiger partial charge >= 0.3 is 5.97 Å². The van der Waals surface area contributed by atoms with E-state index in [4.69, 9.17) is 5.11 Å². The van der Waals surface area contributed by atoms with E-state index in [0.717, 1.165) is 11.3 Å². The molecule has 0 unspecified atom stereocenters. The molecule has 0 saturated carbocycles. The van der Waals surface area contributed by atoms with Crippen molar-refractivity contribution in [2.75, 3.05) is 20.6 Å². The van der Waals surface area contributed by atoms with Gasteiger partial charge in [0.25, 0.3) is 5.91 Å². The summed E-state index contributed by atoms with van der Waals surface area (Å²) in [5, 5.41) is 11.3. The Hall–Kier alpha value is -2.41. The molecule has 0 atom stereocenters. The zero-order valence-corrected chi connectivity index (χ0v) is 12.7. The maximum Gasteiger partial charge on any atom is 0.303 e. The van der Waals surface area contributed by atoms with E-state index in [1.807, 2.05) is 47.8 Å². The van der Waals surface area contributed by atoms with E-state index in [9.17, 15) is 9.59 Å². The van der Waals surface area contributed by atoms with Gasteiger partial charge < -0.3 is 19.7 Å². The summed E-state index contributed by atoms with van der Waals surface area (Å²) >= 11 is 0. The first-order valence-electron chi connectivity index (χ1n) is 7.09.